The number of benzene rings is 3. The number of nitrogens with zero attached hydrogens (tertiary/aromatic N) is 1. The van der Waals surface area contributed by atoms with Crippen LogP contribution in [0.1, 0.15) is 103 Å². The third-order valence-electron chi connectivity index (χ3n) is 12.9. The van der Waals surface area contributed by atoms with Crippen molar-refractivity contribution in [2.24, 2.45) is 23.5 Å². The van der Waals surface area contributed by atoms with E-state index in [1.54, 1.807) is 4.90 Å². The van der Waals surface area contributed by atoms with Gasteiger partial charge in [-0.25, -0.2) is 13.6 Å². The Morgan fingerprint density at radius 3 is 1.42 bits per heavy atom. The first-order valence-corrected chi connectivity index (χ1v) is 23.1. The van der Waals surface area contributed by atoms with Crippen LogP contribution >= 0.6 is 0 Å². The Morgan fingerprint density at radius 2 is 1.05 bits per heavy atom. The lowest BCUT2D eigenvalue weighted by molar-refractivity contribution is 0.00333. The Bertz CT molecular complexity index is 1950. The normalized spacial score (nSPS) is 26.5. The van der Waals surface area contributed by atoms with Crippen molar-refractivity contribution in [2.75, 3.05) is 39.3 Å². The number of hydrogen-bond acceptors (Lipinski definition) is 6. The second kappa shape index (κ2) is 21.5. The lowest BCUT2D eigenvalue weighted by Gasteiger charge is -2.37. The molecular weight excluding hydrogens is 777 g/mol. The summed E-state index contributed by atoms with van der Waals surface area (Å²) in [6, 6.07) is 32.4. The number of piperidine rings is 2. The van der Waals surface area contributed by atoms with Crippen molar-refractivity contribution in [3.8, 4) is 0 Å². The summed E-state index contributed by atoms with van der Waals surface area (Å²) in [5.41, 5.74) is 10.9. The standard InChI is InChI=1S/C23H33FN2O2.C18H25FN2.C12H15N/c1-17(14-18-8-6-5-7-9-18)19-15-20(19)25-16-23(24)10-12-26(13-11-23)21(27)28-22(2,3)4;1-14(11-15-5-3-2-4-6-15)16-12-17(16)21-13-18(19)7-9-20-10-8-18;1-9(11-8-12(11)13)7-10-5-3-2-4-6-10/h5-9,14,19-20,25H,10-13,15-16H2,1-4H3;2-6,11,16-17,20-21H,7-10,12-13H2,1H3;2-7,11-12H,8,13H2,1H3/b17-14+;14-11+;9-7+. The van der Waals surface area contributed by atoms with E-state index in [9.17, 15) is 9.18 Å². The highest BCUT2D eigenvalue weighted by Crippen LogP contribution is 2.40. The average molecular weight is 850 g/mol. The molecule has 2 saturated heterocycles. The molecule has 5 fully saturated rings. The minimum atomic E-state index is -1.25. The molecule has 336 valence electrons. The monoisotopic (exact) mass is 850 g/mol. The second-order valence-electron chi connectivity index (χ2n) is 19.6. The van der Waals surface area contributed by atoms with E-state index in [2.05, 4.69) is 116 Å². The van der Waals surface area contributed by atoms with Crippen LogP contribution in [0.15, 0.2) is 108 Å². The predicted octanol–water partition coefficient (Wildman–Crippen LogP) is 10.4. The maximum Gasteiger partial charge on any atom is 0.410 e. The fourth-order valence-corrected chi connectivity index (χ4v) is 8.62. The van der Waals surface area contributed by atoms with Gasteiger partial charge in [0.05, 0.1) is 0 Å². The molecule has 6 unspecified atom stereocenters. The number of rotatable bonds is 12. The topological polar surface area (TPSA) is 91.7 Å². The van der Waals surface area contributed by atoms with Gasteiger partial charge in [-0.05, 0) is 121 Å². The van der Waals surface area contributed by atoms with Crippen LogP contribution in [-0.2, 0) is 4.74 Å². The molecule has 3 aromatic carbocycles. The van der Waals surface area contributed by atoms with E-state index in [0.717, 1.165) is 32.4 Å². The fourth-order valence-electron chi connectivity index (χ4n) is 8.62. The van der Waals surface area contributed by atoms with Crippen molar-refractivity contribution in [2.45, 2.75) is 122 Å². The molecule has 0 bridgehead atoms. The van der Waals surface area contributed by atoms with Gasteiger partial charge < -0.3 is 31.3 Å². The third-order valence-corrected chi connectivity index (χ3v) is 12.9. The predicted molar refractivity (Wildman–Crippen MR) is 253 cm³/mol. The third kappa shape index (κ3) is 15.3. The number of ether oxygens (including phenoxy) is 1. The van der Waals surface area contributed by atoms with Crippen LogP contribution in [0.2, 0.25) is 0 Å². The Morgan fingerprint density at radius 1 is 0.677 bits per heavy atom. The Balaban J connectivity index is 0.000000165. The van der Waals surface area contributed by atoms with Gasteiger partial charge in [0.25, 0.3) is 0 Å². The van der Waals surface area contributed by atoms with Crippen molar-refractivity contribution < 1.29 is 18.3 Å². The SMILES string of the molecule is C/C(=C\c1ccccc1)C1CC1N.C/C(=C\c1ccccc1)C1CC1NCC1(F)CCN(C(=O)OC(C)(C)C)CC1.C/C(=C\c1ccccc1)C1CC1NCC1(F)CCNCC1. The van der Waals surface area contributed by atoms with E-state index in [1.165, 1.54) is 33.4 Å². The van der Waals surface area contributed by atoms with E-state index >= 15 is 4.39 Å². The van der Waals surface area contributed by atoms with E-state index in [4.69, 9.17) is 10.5 Å². The highest BCUT2D eigenvalue weighted by atomic mass is 19.1. The van der Waals surface area contributed by atoms with Crippen molar-refractivity contribution in [3.05, 3.63) is 124 Å². The van der Waals surface area contributed by atoms with E-state index in [1.807, 2.05) is 51.1 Å². The molecule has 0 radical (unpaired) electrons. The van der Waals surface area contributed by atoms with E-state index in [0.29, 0.717) is 87.7 Å². The number of likely N-dealkylation sites (tertiary alicyclic amines) is 1. The van der Waals surface area contributed by atoms with Crippen molar-refractivity contribution in [1.82, 2.24) is 20.9 Å². The van der Waals surface area contributed by atoms with Gasteiger partial charge in [-0.15, -0.1) is 0 Å². The molecule has 3 saturated carbocycles. The van der Waals surface area contributed by atoms with Crippen molar-refractivity contribution in [1.29, 1.82) is 0 Å². The number of amides is 1. The zero-order valence-electron chi connectivity index (χ0n) is 38.1. The first kappa shape index (κ1) is 47.3. The average Bonchev–Trinajstić information content (AvgIpc) is 4.16. The number of halogens is 2. The number of carbonyl (C=O) groups is 1. The molecule has 3 aromatic rings. The van der Waals surface area contributed by atoms with Crippen LogP contribution in [0.3, 0.4) is 0 Å². The molecular formula is C53H73F2N5O2. The van der Waals surface area contributed by atoms with Crippen molar-refractivity contribution in [3.63, 3.8) is 0 Å². The maximum atomic E-state index is 15.2. The number of alkyl halides is 2. The van der Waals surface area contributed by atoms with Crippen LogP contribution < -0.4 is 21.7 Å². The zero-order chi connectivity index (χ0) is 44.3. The molecule has 6 atom stereocenters. The molecule has 8 rings (SSSR count). The van der Waals surface area contributed by atoms with Gasteiger partial charge in [0, 0.05) is 57.1 Å². The highest BCUT2D eigenvalue weighted by molar-refractivity contribution is 5.68. The molecule has 9 heteroatoms. The Labute approximate surface area is 371 Å². The largest absolute Gasteiger partial charge is 0.444 e. The summed E-state index contributed by atoms with van der Waals surface area (Å²) in [5.74, 6) is 1.71. The molecule has 5 N–H and O–H groups in total. The van der Waals surface area contributed by atoms with Crippen molar-refractivity contribution >= 4 is 24.3 Å². The second-order valence-corrected chi connectivity index (χ2v) is 19.6. The summed E-state index contributed by atoms with van der Waals surface area (Å²) < 4.78 is 35.1. The van der Waals surface area contributed by atoms with Gasteiger partial charge in [-0.1, -0.05) is 126 Å². The minimum absolute atomic E-state index is 0.341. The summed E-state index contributed by atoms with van der Waals surface area (Å²) >= 11 is 0. The molecule has 0 spiro atoms. The van der Waals surface area contributed by atoms with Gasteiger partial charge in [-0.2, -0.15) is 0 Å². The van der Waals surface area contributed by atoms with E-state index < -0.39 is 16.9 Å². The van der Waals surface area contributed by atoms with Gasteiger partial charge >= 0.3 is 6.09 Å². The molecule has 2 heterocycles. The summed E-state index contributed by atoms with van der Waals surface area (Å²) in [7, 11) is 0. The maximum absolute atomic E-state index is 15.2. The quantitative estimate of drug-likeness (QED) is 0.145. The number of hydrogen-bond donors (Lipinski definition) is 4. The summed E-state index contributed by atoms with van der Waals surface area (Å²) in [6.07, 6.45) is 11.7. The molecule has 0 aromatic heterocycles. The van der Waals surface area contributed by atoms with Gasteiger partial charge in [0.15, 0.2) is 0 Å². The molecule has 2 aliphatic heterocycles. The Hall–Kier alpha value is -4.15. The van der Waals surface area contributed by atoms with Gasteiger partial charge in [0.1, 0.15) is 16.9 Å². The van der Waals surface area contributed by atoms with Crippen LogP contribution in [0.4, 0.5) is 13.6 Å². The van der Waals surface area contributed by atoms with Gasteiger partial charge in [-0.3, -0.25) is 0 Å². The van der Waals surface area contributed by atoms with Crippen LogP contribution in [0.5, 0.6) is 0 Å². The molecule has 1 amide bonds. The zero-order valence-corrected chi connectivity index (χ0v) is 38.1. The number of nitrogens with two attached hydrogens (primary N) is 1. The Kier molecular flexibility index (Phi) is 16.4. The number of nitrogens with one attached hydrogen (secondary N) is 3. The summed E-state index contributed by atoms with van der Waals surface area (Å²) in [6.45, 7) is 15.4. The minimum Gasteiger partial charge on any atom is -0.444 e. The van der Waals surface area contributed by atoms with Crippen LogP contribution in [0, 0.1) is 17.8 Å². The molecule has 62 heavy (non-hydrogen) atoms. The molecule has 7 nitrogen and oxygen atoms in total. The van der Waals surface area contributed by atoms with Crippen LogP contribution in [0.25, 0.3) is 18.2 Å². The van der Waals surface area contributed by atoms with Crippen LogP contribution in [-0.4, -0.2) is 85.3 Å². The van der Waals surface area contributed by atoms with Gasteiger partial charge in [0.2, 0.25) is 0 Å². The summed E-state index contributed by atoms with van der Waals surface area (Å²) in [5, 5.41) is 10.1. The first-order chi connectivity index (χ1) is 29.6. The lowest BCUT2D eigenvalue weighted by Crippen LogP contribution is -2.50. The summed E-state index contributed by atoms with van der Waals surface area (Å²) in [4.78, 5) is 13.7. The number of carbonyl (C=O) groups excluding carboxylic acids is 1. The first-order valence-electron chi connectivity index (χ1n) is 23.1. The highest BCUT2D eigenvalue weighted by Gasteiger charge is 2.43. The van der Waals surface area contributed by atoms with E-state index in [-0.39, 0.29) is 6.09 Å². The molecule has 3 aliphatic carbocycles. The smallest absolute Gasteiger partial charge is 0.410 e. The molecule has 5 aliphatic rings. The lowest BCUT2D eigenvalue weighted by atomic mass is 9.93. The fraction of sp³-hybridized carbons (Fsp3) is 0.528.